The molecule has 1 rings (SSSR count). The maximum absolute atomic E-state index is 12.0. The third kappa shape index (κ3) is 3.81. The zero-order valence-corrected chi connectivity index (χ0v) is 9.90. The van der Waals surface area contributed by atoms with Gasteiger partial charge in [-0.15, -0.1) is 0 Å². The largest absolute Gasteiger partial charge is 0.481 e. The molecule has 0 aliphatic carbocycles. The monoisotopic (exact) mass is 228 g/mol. The summed E-state index contributed by atoms with van der Waals surface area (Å²) in [4.78, 5) is 23.9. The fourth-order valence-electron chi connectivity index (χ4n) is 2.04. The van der Waals surface area contributed by atoms with E-state index in [2.05, 4.69) is 12.2 Å². The van der Waals surface area contributed by atoms with Crippen molar-refractivity contribution in [3.63, 3.8) is 0 Å². The Kier molecular flexibility index (Phi) is 4.73. The fraction of sp³-hybridized carbons (Fsp3) is 0.818. The first-order chi connectivity index (χ1) is 7.50. The number of nitrogens with one attached hydrogen (secondary N) is 1. The van der Waals surface area contributed by atoms with Gasteiger partial charge in [-0.05, 0) is 26.3 Å². The first-order valence-corrected chi connectivity index (χ1v) is 5.71. The average Bonchev–Trinajstić information content (AvgIpc) is 2.24. The number of carbonyl (C=O) groups excluding carboxylic acids is 1. The summed E-state index contributed by atoms with van der Waals surface area (Å²) < 4.78 is 0. The molecular formula is C11H20N2O3. The highest BCUT2D eigenvalue weighted by molar-refractivity contribution is 5.79. The zero-order chi connectivity index (χ0) is 12.1. The van der Waals surface area contributed by atoms with Crippen molar-refractivity contribution >= 4 is 11.9 Å². The van der Waals surface area contributed by atoms with Gasteiger partial charge in [0.15, 0.2) is 0 Å². The average molecular weight is 228 g/mol. The van der Waals surface area contributed by atoms with Crippen molar-refractivity contribution in [3.05, 3.63) is 0 Å². The van der Waals surface area contributed by atoms with E-state index in [0.29, 0.717) is 12.6 Å². The van der Waals surface area contributed by atoms with Gasteiger partial charge < -0.3 is 15.3 Å². The lowest BCUT2D eigenvalue weighted by Gasteiger charge is -2.30. The van der Waals surface area contributed by atoms with E-state index in [1.54, 1.807) is 7.05 Å². The van der Waals surface area contributed by atoms with Crippen LogP contribution < -0.4 is 5.32 Å². The molecule has 0 aromatic heterocycles. The highest BCUT2D eigenvalue weighted by atomic mass is 16.4. The predicted molar refractivity (Wildman–Crippen MR) is 60.1 cm³/mol. The minimum atomic E-state index is -0.863. The Morgan fingerprint density at radius 2 is 2.19 bits per heavy atom. The summed E-state index contributed by atoms with van der Waals surface area (Å²) in [5.74, 6) is -0.733. The standard InChI is InChI=1S/C11H20N2O3/c1-8-7-9(3-5-12-8)11(16)13(2)6-4-10(14)15/h8-9,12H,3-7H2,1-2H3,(H,14,15). The van der Waals surface area contributed by atoms with Gasteiger partial charge in [0.05, 0.1) is 6.42 Å². The number of aliphatic carboxylic acids is 1. The van der Waals surface area contributed by atoms with Gasteiger partial charge in [-0.2, -0.15) is 0 Å². The van der Waals surface area contributed by atoms with Crippen LogP contribution in [-0.2, 0) is 9.59 Å². The number of carboxylic acid groups (broad SMARTS) is 1. The predicted octanol–water partition coefficient (Wildman–Crippen LogP) is 0.308. The van der Waals surface area contributed by atoms with Crippen molar-refractivity contribution in [2.75, 3.05) is 20.1 Å². The van der Waals surface area contributed by atoms with Gasteiger partial charge in [0.2, 0.25) is 5.91 Å². The van der Waals surface area contributed by atoms with Crippen molar-refractivity contribution in [3.8, 4) is 0 Å². The Labute approximate surface area is 95.8 Å². The van der Waals surface area contributed by atoms with Crippen LogP contribution in [0.25, 0.3) is 0 Å². The van der Waals surface area contributed by atoms with Crippen LogP contribution >= 0.6 is 0 Å². The molecule has 1 heterocycles. The van der Waals surface area contributed by atoms with Crippen LogP contribution in [0.2, 0.25) is 0 Å². The third-order valence-electron chi connectivity index (χ3n) is 3.01. The molecule has 5 nitrogen and oxygen atoms in total. The van der Waals surface area contributed by atoms with E-state index in [1.165, 1.54) is 4.90 Å². The number of carboxylic acids is 1. The van der Waals surface area contributed by atoms with Crippen LogP contribution in [0.1, 0.15) is 26.2 Å². The summed E-state index contributed by atoms with van der Waals surface area (Å²) in [6, 6.07) is 0.371. The van der Waals surface area contributed by atoms with E-state index in [0.717, 1.165) is 19.4 Å². The molecule has 1 aliphatic rings. The number of amides is 1. The number of hydrogen-bond acceptors (Lipinski definition) is 3. The Balaban J connectivity index is 2.40. The molecule has 5 heteroatoms. The van der Waals surface area contributed by atoms with Crippen molar-refractivity contribution < 1.29 is 14.7 Å². The smallest absolute Gasteiger partial charge is 0.305 e. The Bertz CT molecular complexity index is 268. The van der Waals surface area contributed by atoms with Gasteiger partial charge in [-0.3, -0.25) is 9.59 Å². The first kappa shape index (κ1) is 13.0. The van der Waals surface area contributed by atoms with Crippen LogP contribution in [0.4, 0.5) is 0 Å². The van der Waals surface area contributed by atoms with Gasteiger partial charge in [0, 0.05) is 25.6 Å². The Morgan fingerprint density at radius 3 is 2.75 bits per heavy atom. The van der Waals surface area contributed by atoms with Crippen molar-refractivity contribution in [1.82, 2.24) is 10.2 Å². The summed E-state index contributed by atoms with van der Waals surface area (Å²) in [5.41, 5.74) is 0. The highest BCUT2D eigenvalue weighted by Gasteiger charge is 2.26. The SMILES string of the molecule is CC1CC(C(=O)N(C)CCC(=O)O)CCN1. The number of piperidine rings is 1. The summed E-state index contributed by atoms with van der Waals surface area (Å²) in [6.07, 6.45) is 1.71. The fourth-order valence-corrected chi connectivity index (χ4v) is 2.04. The van der Waals surface area contributed by atoms with Crippen LogP contribution in [-0.4, -0.2) is 48.1 Å². The van der Waals surface area contributed by atoms with Gasteiger partial charge >= 0.3 is 5.97 Å². The topological polar surface area (TPSA) is 69.6 Å². The molecule has 0 saturated carbocycles. The van der Waals surface area contributed by atoms with E-state index in [9.17, 15) is 9.59 Å². The molecule has 0 aromatic carbocycles. The molecule has 0 spiro atoms. The Hall–Kier alpha value is -1.10. The lowest BCUT2D eigenvalue weighted by atomic mass is 9.92. The third-order valence-corrected chi connectivity index (χ3v) is 3.01. The minimum Gasteiger partial charge on any atom is -0.481 e. The van der Waals surface area contributed by atoms with Crippen LogP contribution in [0.15, 0.2) is 0 Å². The maximum atomic E-state index is 12.0. The number of nitrogens with zero attached hydrogens (tertiary/aromatic N) is 1. The molecule has 1 saturated heterocycles. The number of rotatable bonds is 4. The lowest BCUT2D eigenvalue weighted by Crippen LogP contribution is -2.43. The molecule has 92 valence electrons. The van der Waals surface area contributed by atoms with Crippen LogP contribution in [0.3, 0.4) is 0 Å². The van der Waals surface area contributed by atoms with Crippen molar-refractivity contribution in [2.45, 2.75) is 32.2 Å². The highest BCUT2D eigenvalue weighted by Crippen LogP contribution is 2.18. The second-order valence-electron chi connectivity index (χ2n) is 4.48. The zero-order valence-electron chi connectivity index (χ0n) is 9.90. The van der Waals surface area contributed by atoms with E-state index >= 15 is 0 Å². The second kappa shape index (κ2) is 5.84. The molecule has 0 radical (unpaired) electrons. The Morgan fingerprint density at radius 1 is 1.50 bits per heavy atom. The van der Waals surface area contributed by atoms with Gasteiger partial charge in [0.25, 0.3) is 0 Å². The summed E-state index contributed by atoms with van der Waals surface area (Å²) in [6.45, 7) is 3.23. The molecule has 0 aromatic rings. The molecule has 1 amide bonds. The molecule has 1 aliphatic heterocycles. The van der Waals surface area contributed by atoms with E-state index < -0.39 is 5.97 Å². The molecular weight excluding hydrogens is 208 g/mol. The van der Waals surface area contributed by atoms with Crippen LogP contribution in [0, 0.1) is 5.92 Å². The summed E-state index contributed by atoms with van der Waals surface area (Å²) in [7, 11) is 1.68. The lowest BCUT2D eigenvalue weighted by molar-refractivity contribution is -0.139. The van der Waals surface area contributed by atoms with Crippen LogP contribution in [0.5, 0.6) is 0 Å². The number of carbonyl (C=O) groups is 2. The molecule has 2 N–H and O–H groups in total. The second-order valence-corrected chi connectivity index (χ2v) is 4.48. The van der Waals surface area contributed by atoms with Gasteiger partial charge in [-0.25, -0.2) is 0 Å². The number of hydrogen-bond donors (Lipinski definition) is 2. The van der Waals surface area contributed by atoms with Gasteiger partial charge in [-0.1, -0.05) is 0 Å². The van der Waals surface area contributed by atoms with E-state index in [4.69, 9.17) is 5.11 Å². The summed E-state index contributed by atoms with van der Waals surface area (Å²) >= 11 is 0. The van der Waals surface area contributed by atoms with E-state index in [-0.39, 0.29) is 18.2 Å². The molecule has 0 bridgehead atoms. The molecule has 1 fully saturated rings. The summed E-state index contributed by atoms with van der Waals surface area (Å²) in [5, 5.41) is 11.8. The molecule has 16 heavy (non-hydrogen) atoms. The van der Waals surface area contributed by atoms with E-state index in [1.807, 2.05) is 0 Å². The first-order valence-electron chi connectivity index (χ1n) is 5.71. The maximum Gasteiger partial charge on any atom is 0.305 e. The van der Waals surface area contributed by atoms with Gasteiger partial charge in [0.1, 0.15) is 0 Å². The van der Waals surface area contributed by atoms with Crippen molar-refractivity contribution in [2.24, 2.45) is 5.92 Å². The molecule has 2 atom stereocenters. The minimum absolute atomic E-state index is 0.0166. The molecule has 2 unspecified atom stereocenters. The van der Waals surface area contributed by atoms with Crippen molar-refractivity contribution in [1.29, 1.82) is 0 Å². The quantitative estimate of drug-likeness (QED) is 0.726. The normalized spacial score (nSPS) is 25.1.